The highest BCUT2D eigenvalue weighted by atomic mass is 16.5. The van der Waals surface area contributed by atoms with Crippen LogP contribution in [0.5, 0.6) is 11.5 Å². The lowest BCUT2D eigenvalue weighted by Crippen LogP contribution is -2.20. The van der Waals surface area contributed by atoms with E-state index in [9.17, 15) is 14.7 Å². The van der Waals surface area contributed by atoms with E-state index in [1.54, 1.807) is 92.5 Å². The molecular formula is C24H20NO4. The van der Waals surface area contributed by atoms with E-state index < -0.39 is 0 Å². The normalized spacial score (nSPS) is 10.7. The minimum atomic E-state index is -0.247. The second-order valence-electron chi connectivity index (χ2n) is 6.26. The highest BCUT2D eigenvalue weighted by Gasteiger charge is 2.06. The van der Waals surface area contributed by atoms with E-state index >= 15 is 0 Å². The largest absolute Gasteiger partial charge is 0.508 e. The first kappa shape index (κ1) is 19.9. The molecule has 0 aromatic heterocycles. The number of aromatic hydroxyl groups is 1. The maximum atomic E-state index is 12.2. The van der Waals surface area contributed by atoms with Gasteiger partial charge in [0.15, 0.2) is 5.78 Å². The van der Waals surface area contributed by atoms with Crippen molar-refractivity contribution in [3.05, 3.63) is 108 Å². The maximum absolute atomic E-state index is 12.2. The average molecular weight is 386 g/mol. The summed E-state index contributed by atoms with van der Waals surface area (Å²) in [7, 11) is 1.58. The Bertz CT molecular complexity index is 1000. The number of ether oxygens (including phenoxy) is 1. The number of hydrogen-bond acceptors (Lipinski definition) is 4. The molecule has 145 valence electrons. The third-order valence-electron chi connectivity index (χ3n) is 4.24. The molecule has 1 amide bonds. The summed E-state index contributed by atoms with van der Waals surface area (Å²) in [4.78, 5) is 24.4. The van der Waals surface area contributed by atoms with Crippen LogP contribution in [0, 0.1) is 6.54 Å². The molecule has 0 spiro atoms. The molecule has 0 saturated heterocycles. The van der Waals surface area contributed by atoms with Crippen LogP contribution in [0.1, 0.15) is 31.8 Å². The van der Waals surface area contributed by atoms with E-state index in [1.165, 1.54) is 6.08 Å². The Balaban J connectivity index is 1.57. The average Bonchev–Trinajstić information content (AvgIpc) is 2.77. The lowest BCUT2D eigenvalue weighted by Gasteiger charge is -2.05. The summed E-state index contributed by atoms with van der Waals surface area (Å²) in [6.07, 6.45) is 3.20. The summed E-state index contributed by atoms with van der Waals surface area (Å²) < 4.78 is 5.08. The molecule has 0 aliphatic heterocycles. The molecule has 0 fully saturated rings. The van der Waals surface area contributed by atoms with Crippen LogP contribution < -0.4 is 10.1 Å². The number of hydrogen-bond donors (Lipinski definition) is 2. The number of nitrogens with one attached hydrogen (secondary N) is 1. The summed E-state index contributed by atoms with van der Waals surface area (Å²) in [6.45, 7) is 1.57. The van der Waals surface area contributed by atoms with Gasteiger partial charge in [0, 0.05) is 11.1 Å². The highest BCUT2D eigenvalue weighted by Crippen LogP contribution is 2.14. The number of carbonyl (C=O) groups excluding carboxylic acids is 2. The van der Waals surface area contributed by atoms with E-state index in [1.807, 2.05) is 0 Å². The number of amides is 1. The smallest absolute Gasteiger partial charge is 0.251 e. The van der Waals surface area contributed by atoms with E-state index in [0.717, 1.165) is 11.1 Å². The number of phenols is 1. The van der Waals surface area contributed by atoms with Crippen molar-refractivity contribution in [2.24, 2.45) is 0 Å². The molecule has 3 rings (SSSR count). The van der Waals surface area contributed by atoms with Gasteiger partial charge in [0.2, 0.25) is 0 Å². The fraction of sp³-hybridized carbons (Fsp3) is 0.0417. The molecule has 1 radical (unpaired) electrons. The summed E-state index contributed by atoms with van der Waals surface area (Å²) in [5, 5.41) is 12.0. The van der Waals surface area contributed by atoms with Gasteiger partial charge in [-0.05, 0) is 65.7 Å². The minimum Gasteiger partial charge on any atom is -0.508 e. The van der Waals surface area contributed by atoms with Gasteiger partial charge in [-0.15, -0.1) is 0 Å². The van der Waals surface area contributed by atoms with Crippen LogP contribution in [0.4, 0.5) is 0 Å². The van der Waals surface area contributed by atoms with Gasteiger partial charge >= 0.3 is 0 Å². The quantitative estimate of drug-likeness (QED) is 0.470. The minimum absolute atomic E-state index is 0.113. The number of rotatable bonds is 7. The lowest BCUT2D eigenvalue weighted by atomic mass is 10.1. The van der Waals surface area contributed by atoms with Crippen LogP contribution in [0.25, 0.3) is 6.08 Å². The Hall–Kier alpha value is -3.86. The maximum Gasteiger partial charge on any atom is 0.251 e. The van der Waals surface area contributed by atoms with Crippen LogP contribution >= 0.6 is 0 Å². The fourth-order valence-corrected chi connectivity index (χ4v) is 2.57. The van der Waals surface area contributed by atoms with Gasteiger partial charge in [-0.3, -0.25) is 9.59 Å². The molecule has 2 N–H and O–H groups in total. The standard InChI is InChI=1S/C24H20NO4/c1-29-22-13-9-19(10-14-22)23(27)15-6-17-2-7-20(8-3-17)24(28)25-16-18-4-11-21(26)12-5-18/h2-16,26H,1H3,(H,25,28). The van der Waals surface area contributed by atoms with Crippen molar-refractivity contribution in [2.75, 3.05) is 7.11 Å². The Labute approximate surface area is 169 Å². The van der Waals surface area contributed by atoms with Crippen LogP contribution in [-0.2, 0) is 0 Å². The first-order chi connectivity index (χ1) is 14.0. The van der Waals surface area contributed by atoms with Crippen molar-refractivity contribution in [2.45, 2.75) is 0 Å². The van der Waals surface area contributed by atoms with Crippen LogP contribution in [0.3, 0.4) is 0 Å². The summed E-state index contributed by atoms with van der Waals surface area (Å²) in [5.41, 5.74) is 2.65. The van der Waals surface area contributed by atoms with Crippen LogP contribution in [-0.4, -0.2) is 23.9 Å². The fourth-order valence-electron chi connectivity index (χ4n) is 2.57. The van der Waals surface area contributed by atoms with Crippen molar-refractivity contribution in [3.8, 4) is 11.5 Å². The van der Waals surface area contributed by atoms with Gasteiger partial charge in [-0.2, -0.15) is 0 Å². The number of carbonyl (C=O) groups is 2. The molecule has 0 aliphatic rings. The summed E-state index contributed by atoms with van der Waals surface area (Å²) in [6, 6.07) is 20.3. The van der Waals surface area contributed by atoms with Crippen LogP contribution in [0.2, 0.25) is 0 Å². The Kier molecular flexibility index (Phi) is 6.43. The SMILES string of the molecule is COc1ccc(C(=O)C=Cc2ccc(C(=O)N[CH]c3ccc(O)cc3)cc2)cc1. The van der Waals surface area contributed by atoms with E-state index in [4.69, 9.17) is 4.74 Å². The molecule has 5 nitrogen and oxygen atoms in total. The molecule has 0 heterocycles. The lowest BCUT2D eigenvalue weighted by molar-refractivity contribution is 0.0964. The van der Waals surface area contributed by atoms with Crippen molar-refractivity contribution >= 4 is 17.8 Å². The number of benzene rings is 3. The second-order valence-corrected chi connectivity index (χ2v) is 6.26. The molecule has 0 unspecified atom stereocenters. The van der Waals surface area contributed by atoms with Gasteiger partial charge in [-0.25, -0.2) is 0 Å². The molecule has 5 heteroatoms. The predicted octanol–water partition coefficient (Wildman–Crippen LogP) is 4.24. The third-order valence-corrected chi connectivity index (χ3v) is 4.24. The number of allylic oxidation sites excluding steroid dienone is 1. The van der Waals surface area contributed by atoms with Gasteiger partial charge in [0.25, 0.3) is 5.91 Å². The van der Waals surface area contributed by atoms with Crippen molar-refractivity contribution in [3.63, 3.8) is 0 Å². The predicted molar refractivity (Wildman–Crippen MR) is 112 cm³/mol. The molecule has 3 aromatic rings. The Morgan fingerprint density at radius 1 is 0.828 bits per heavy atom. The van der Waals surface area contributed by atoms with E-state index in [-0.39, 0.29) is 17.4 Å². The third kappa shape index (κ3) is 5.56. The summed E-state index contributed by atoms with van der Waals surface area (Å²) in [5.74, 6) is 0.505. The topological polar surface area (TPSA) is 75.6 Å². The zero-order valence-electron chi connectivity index (χ0n) is 15.8. The molecule has 3 aromatic carbocycles. The van der Waals surface area contributed by atoms with Crippen molar-refractivity contribution in [1.82, 2.24) is 5.32 Å². The molecule has 29 heavy (non-hydrogen) atoms. The van der Waals surface area contributed by atoms with E-state index in [2.05, 4.69) is 5.32 Å². The van der Waals surface area contributed by atoms with Crippen molar-refractivity contribution < 1.29 is 19.4 Å². The first-order valence-corrected chi connectivity index (χ1v) is 8.95. The Morgan fingerprint density at radius 3 is 2.03 bits per heavy atom. The number of ketones is 1. The van der Waals surface area contributed by atoms with Gasteiger partial charge < -0.3 is 15.2 Å². The first-order valence-electron chi connectivity index (χ1n) is 8.95. The van der Waals surface area contributed by atoms with Gasteiger partial charge in [-0.1, -0.05) is 30.3 Å². The molecule has 0 bridgehead atoms. The number of methoxy groups -OCH3 is 1. The summed E-state index contributed by atoms with van der Waals surface area (Å²) >= 11 is 0. The van der Waals surface area contributed by atoms with Gasteiger partial charge in [0.1, 0.15) is 11.5 Å². The second kappa shape index (κ2) is 9.37. The van der Waals surface area contributed by atoms with Gasteiger partial charge in [0.05, 0.1) is 13.7 Å². The zero-order chi connectivity index (χ0) is 20.6. The highest BCUT2D eigenvalue weighted by molar-refractivity contribution is 6.06. The Morgan fingerprint density at radius 2 is 1.41 bits per heavy atom. The van der Waals surface area contributed by atoms with Crippen LogP contribution in [0.15, 0.2) is 78.9 Å². The van der Waals surface area contributed by atoms with Crippen molar-refractivity contribution in [1.29, 1.82) is 0 Å². The zero-order valence-corrected chi connectivity index (χ0v) is 15.8. The monoisotopic (exact) mass is 386 g/mol. The molecule has 0 aliphatic carbocycles. The molecule has 0 atom stereocenters. The molecule has 0 saturated carbocycles. The molecular weight excluding hydrogens is 366 g/mol. The number of phenolic OH excluding ortho intramolecular Hbond substituents is 1. The van der Waals surface area contributed by atoms with E-state index in [0.29, 0.717) is 16.9 Å².